The molecule has 2 aliphatic rings. The second kappa shape index (κ2) is 11.9. The number of guanidine groups is 1. The van der Waals surface area contributed by atoms with E-state index in [1.165, 1.54) is 0 Å². The Morgan fingerprint density at radius 3 is 2.28 bits per heavy atom. The molecule has 7 nitrogen and oxygen atoms in total. The SMILES string of the molecule is CN=C(NCc1ccc(N2CCN(C)CC2)nc1)N1CCN(c2ccccc2Cl)CC1.I. The van der Waals surface area contributed by atoms with E-state index in [-0.39, 0.29) is 24.0 Å². The molecule has 1 N–H and O–H groups in total. The van der Waals surface area contributed by atoms with Gasteiger partial charge in [0.15, 0.2) is 5.96 Å². The van der Waals surface area contributed by atoms with Gasteiger partial charge in [-0.05, 0) is 30.8 Å². The van der Waals surface area contributed by atoms with E-state index in [0.29, 0.717) is 6.54 Å². The van der Waals surface area contributed by atoms with Crippen molar-refractivity contribution in [3.63, 3.8) is 0 Å². The smallest absolute Gasteiger partial charge is 0.194 e. The number of benzene rings is 1. The van der Waals surface area contributed by atoms with Crippen LogP contribution < -0.4 is 15.1 Å². The predicted molar refractivity (Wildman–Crippen MR) is 145 cm³/mol. The molecule has 2 aliphatic heterocycles. The third-order valence-electron chi connectivity index (χ3n) is 6.07. The van der Waals surface area contributed by atoms with Crippen molar-refractivity contribution in [1.29, 1.82) is 0 Å². The topological polar surface area (TPSA) is 50.2 Å². The van der Waals surface area contributed by atoms with Crippen molar-refractivity contribution in [3.05, 3.63) is 53.2 Å². The Balaban J connectivity index is 0.00000289. The Morgan fingerprint density at radius 1 is 0.969 bits per heavy atom. The number of hydrogen-bond donors (Lipinski definition) is 1. The van der Waals surface area contributed by atoms with E-state index < -0.39 is 0 Å². The predicted octanol–water partition coefficient (Wildman–Crippen LogP) is 3.00. The van der Waals surface area contributed by atoms with Gasteiger partial charge in [-0.15, -0.1) is 24.0 Å². The van der Waals surface area contributed by atoms with Crippen LogP contribution >= 0.6 is 35.6 Å². The Morgan fingerprint density at radius 2 is 1.66 bits per heavy atom. The summed E-state index contributed by atoms with van der Waals surface area (Å²) in [6, 6.07) is 12.3. The van der Waals surface area contributed by atoms with E-state index in [2.05, 4.69) is 55.2 Å². The molecular weight excluding hydrogens is 537 g/mol. The molecule has 9 heteroatoms. The average Bonchev–Trinajstić information content (AvgIpc) is 2.81. The van der Waals surface area contributed by atoms with Gasteiger partial charge in [-0.25, -0.2) is 4.98 Å². The van der Waals surface area contributed by atoms with Crippen LogP contribution in [-0.2, 0) is 6.54 Å². The van der Waals surface area contributed by atoms with Crippen molar-refractivity contribution in [2.45, 2.75) is 6.54 Å². The molecule has 0 aliphatic carbocycles. The van der Waals surface area contributed by atoms with Crippen molar-refractivity contribution in [3.8, 4) is 0 Å². The number of halogens is 2. The minimum Gasteiger partial charge on any atom is -0.367 e. The van der Waals surface area contributed by atoms with Gasteiger partial charge >= 0.3 is 0 Å². The third-order valence-corrected chi connectivity index (χ3v) is 6.39. The van der Waals surface area contributed by atoms with Crippen LogP contribution in [0.3, 0.4) is 0 Å². The molecule has 0 radical (unpaired) electrons. The second-order valence-corrected chi connectivity index (χ2v) is 8.55. The minimum atomic E-state index is 0. The molecule has 2 saturated heterocycles. The first-order valence-corrected chi connectivity index (χ1v) is 11.4. The van der Waals surface area contributed by atoms with Gasteiger partial charge in [-0.1, -0.05) is 29.8 Å². The Hall–Kier alpha value is -1.78. The van der Waals surface area contributed by atoms with Crippen LogP contribution in [0.25, 0.3) is 0 Å². The second-order valence-electron chi connectivity index (χ2n) is 8.14. The first-order chi connectivity index (χ1) is 15.1. The summed E-state index contributed by atoms with van der Waals surface area (Å²) in [5.74, 6) is 2.00. The number of hydrogen-bond acceptors (Lipinski definition) is 5. The summed E-state index contributed by atoms with van der Waals surface area (Å²) in [6.45, 7) is 8.62. The first-order valence-electron chi connectivity index (χ1n) is 11.0. The van der Waals surface area contributed by atoms with Crippen LogP contribution in [0.5, 0.6) is 0 Å². The van der Waals surface area contributed by atoms with Crippen LogP contribution in [0, 0.1) is 0 Å². The number of anilines is 2. The third kappa shape index (κ3) is 6.17. The van der Waals surface area contributed by atoms with Crippen molar-refractivity contribution >= 4 is 53.0 Å². The highest BCUT2D eigenvalue weighted by molar-refractivity contribution is 14.0. The monoisotopic (exact) mass is 569 g/mol. The molecule has 174 valence electrons. The summed E-state index contributed by atoms with van der Waals surface area (Å²) < 4.78 is 0. The molecule has 0 atom stereocenters. The maximum absolute atomic E-state index is 6.37. The molecule has 2 fully saturated rings. The van der Waals surface area contributed by atoms with E-state index >= 15 is 0 Å². The molecule has 0 unspecified atom stereocenters. The fourth-order valence-electron chi connectivity index (χ4n) is 4.12. The highest BCUT2D eigenvalue weighted by Crippen LogP contribution is 2.26. The van der Waals surface area contributed by atoms with E-state index in [0.717, 1.165) is 80.4 Å². The minimum absolute atomic E-state index is 0. The summed E-state index contributed by atoms with van der Waals surface area (Å²) in [6.07, 6.45) is 1.98. The zero-order valence-corrected chi connectivity index (χ0v) is 22.0. The number of rotatable bonds is 4. The van der Waals surface area contributed by atoms with Gasteiger partial charge < -0.3 is 24.9 Å². The lowest BCUT2D eigenvalue weighted by atomic mass is 10.2. The molecule has 1 aromatic carbocycles. The number of nitrogens with zero attached hydrogens (tertiary/aromatic N) is 6. The van der Waals surface area contributed by atoms with Crippen LogP contribution in [0.15, 0.2) is 47.6 Å². The lowest BCUT2D eigenvalue weighted by Gasteiger charge is -2.38. The number of piperazine rings is 2. The summed E-state index contributed by atoms with van der Waals surface area (Å²) >= 11 is 6.37. The Labute approximate surface area is 213 Å². The molecular formula is C23H33ClIN7. The normalized spacial score (nSPS) is 17.8. The van der Waals surface area contributed by atoms with Gasteiger partial charge in [0, 0.05) is 72.1 Å². The van der Waals surface area contributed by atoms with Crippen molar-refractivity contribution in [1.82, 2.24) is 20.1 Å². The van der Waals surface area contributed by atoms with Gasteiger partial charge in [0.2, 0.25) is 0 Å². The van der Waals surface area contributed by atoms with Gasteiger partial charge in [-0.3, -0.25) is 4.99 Å². The zero-order valence-electron chi connectivity index (χ0n) is 18.9. The lowest BCUT2D eigenvalue weighted by molar-refractivity contribution is 0.312. The number of para-hydroxylation sites is 1. The molecule has 2 aromatic rings. The Kier molecular flexibility index (Phi) is 9.24. The van der Waals surface area contributed by atoms with E-state index in [4.69, 9.17) is 16.6 Å². The van der Waals surface area contributed by atoms with E-state index in [1.807, 2.05) is 31.4 Å². The number of aromatic nitrogens is 1. The molecule has 32 heavy (non-hydrogen) atoms. The highest BCUT2D eigenvalue weighted by atomic mass is 127. The highest BCUT2D eigenvalue weighted by Gasteiger charge is 2.21. The Bertz CT molecular complexity index is 876. The molecule has 0 spiro atoms. The summed E-state index contributed by atoms with van der Waals surface area (Å²) in [4.78, 5) is 18.5. The molecule has 3 heterocycles. The number of likely N-dealkylation sites (N-methyl/N-ethyl adjacent to an activating group) is 1. The molecule has 4 rings (SSSR count). The quantitative estimate of drug-likeness (QED) is 0.347. The number of nitrogens with one attached hydrogen (secondary N) is 1. The van der Waals surface area contributed by atoms with Gasteiger partial charge in [0.25, 0.3) is 0 Å². The fourth-order valence-corrected chi connectivity index (χ4v) is 4.38. The summed E-state index contributed by atoms with van der Waals surface area (Å²) in [5.41, 5.74) is 2.27. The van der Waals surface area contributed by atoms with Crippen LogP contribution in [0.4, 0.5) is 11.5 Å². The van der Waals surface area contributed by atoms with E-state index in [9.17, 15) is 0 Å². The summed E-state index contributed by atoms with van der Waals surface area (Å²) in [5, 5.41) is 4.31. The molecule has 0 amide bonds. The van der Waals surface area contributed by atoms with Crippen molar-refractivity contribution in [2.75, 3.05) is 76.3 Å². The molecule has 0 bridgehead atoms. The fraction of sp³-hybridized carbons (Fsp3) is 0.478. The van der Waals surface area contributed by atoms with Crippen LogP contribution in [0.1, 0.15) is 5.56 Å². The van der Waals surface area contributed by atoms with Crippen molar-refractivity contribution < 1.29 is 0 Å². The maximum atomic E-state index is 6.37. The number of aliphatic imine (C=N–C) groups is 1. The van der Waals surface area contributed by atoms with Gasteiger partial charge in [-0.2, -0.15) is 0 Å². The zero-order chi connectivity index (χ0) is 21.6. The maximum Gasteiger partial charge on any atom is 0.194 e. The average molecular weight is 570 g/mol. The van der Waals surface area contributed by atoms with Gasteiger partial charge in [0.1, 0.15) is 5.82 Å². The van der Waals surface area contributed by atoms with E-state index in [1.54, 1.807) is 0 Å². The van der Waals surface area contributed by atoms with Crippen LogP contribution in [-0.4, -0.2) is 87.2 Å². The molecule has 0 saturated carbocycles. The number of pyridine rings is 1. The molecule has 1 aromatic heterocycles. The van der Waals surface area contributed by atoms with Crippen molar-refractivity contribution in [2.24, 2.45) is 4.99 Å². The van der Waals surface area contributed by atoms with Gasteiger partial charge in [0.05, 0.1) is 10.7 Å². The van der Waals surface area contributed by atoms with Crippen LogP contribution in [0.2, 0.25) is 5.02 Å². The lowest BCUT2D eigenvalue weighted by Crippen LogP contribution is -2.52. The standard InChI is InChI=1S/C23H32ClN7.HI/c1-25-23(31-15-13-29(14-16-31)21-6-4-3-5-20(21)24)27-18-19-7-8-22(26-17-19)30-11-9-28(2)10-12-30;/h3-8,17H,9-16,18H2,1-2H3,(H,25,27);1H. The first kappa shape index (κ1) is 24.9. The largest absolute Gasteiger partial charge is 0.367 e. The summed E-state index contributed by atoms with van der Waals surface area (Å²) in [7, 11) is 4.01.